The second kappa shape index (κ2) is 10.8. The lowest BCUT2D eigenvalue weighted by atomic mass is 10.00. The summed E-state index contributed by atoms with van der Waals surface area (Å²) in [4.78, 5) is 50.4. The van der Waals surface area contributed by atoms with Gasteiger partial charge in [-0.25, -0.2) is 4.79 Å². The van der Waals surface area contributed by atoms with Gasteiger partial charge in [-0.2, -0.15) is 5.01 Å². The van der Waals surface area contributed by atoms with Crippen LogP contribution in [0.2, 0.25) is 0 Å². The first-order chi connectivity index (χ1) is 15.1. The number of carbonyl (C=O) groups excluding carboxylic acids is 4. The maximum absolute atomic E-state index is 12.4. The maximum Gasteiger partial charge on any atom is 0.344 e. The standard InChI is InChI=1S/C21H31N5O6/c1-6-21(4)19(29)26(20(30)23-21)24-18(28)13-25(5)12-17(27)22-14-9-10-15(31-7-2)16(11-14)32-8-3/h9-11H,6-8,12-13H2,1-5H3,(H,22,27)(H,23,30)(H,24,28). The molecule has 1 heterocycles. The van der Waals surface area contributed by atoms with Crippen molar-refractivity contribution in [1.82, 2.24) is 20.7 Å². The zero-order chi connectivity index (χ0) is 23.9. The van der Waals surface area contributed by atoms with Crippen LogP contribution in [0.15, 0.2) is 18.2 Å². The number of anilines is 1. The van der Waals surface area contributed by atoms with E-state index in [4.69, 9.17) is 9.47 Å². The Hall–Kier alpha value is -3.34. The minimum atomic E-state index is -1.05. The van der Waals surface area contributed by atoms with Gasteiger partial charge in [0.25, 0.3) is 11.8 Å². The van der Waals surface area contributed by atoms with Crippen LogP contribution in [0.25, 0.3) is 0 Å². The van der Waals surface area contributed by atoms with E-state index in [-0.39, 0.29) is 19.0 Å². The molecule has 11 nitrogen and oxygen atoms in total. The Morgan fingerprint density at radius 2 is 1.69 bits per heavy atom. The van der Waals surface area contributed by atoms with Crippen molar-refractivity contribution in [2.75, 3.05) is 38.7 Å². The number of nitrogens with one attached hydrogen (secondary N) is 3. The van der Waals surface area contributed by atoms with Crippen molar-refractivity contribution in [2.24, 2.45) is 0 Å². The molecule has 1 unspecified atom stereocenters. The van der Waals surface area contributed by atoms with Crippen LogP contribution >= 0.6 is 0 Å². The fourth-order valence-electron chi connectivity index (χ4n) is 3.06. The molecular formula is C21H31N5O6. The van der Waals surface area contributed by atoms with Gasteiger partial charge in [-0.05, 0) is 46.4 Å². The van der Waals surface area contributed by atoms with Crippen LogP contribution in [-0.2, 0) is 14.4 Å². The van der Waals surface area contributed by atoms with Crippen molar-refractivity contribution in [1.29, 1.82) is 0 Å². The first kappa shape index (κ1) is 24.9. The molecule has 0 bridgehead atoms. The van der Waals surface area contributed by atoms with E-state index >= 15 is 0 Å². The van der Waals surface area contributed by atoms with E-state index in [1.807, 2.05) is 13.8 Å². The normalized spacial score (nSPS) is 17.9. The molecule has 11 heteroatoms. The van der Waals surface area contributed by atoms with Crippen LogP contribution < -0.4 is 25.5 Å². The van der Waals surface area contributed by atoms with Crippen molar-refractivity contribution in [3.8, 4) is 11.5 Å². The Morgan fingerprint density at radius 3 is 2.28 bits per heavy atom. The second-order valence-electron chi connectivity index (χ2n) is 7.54. The average Bonchev–Trinajstić information content (AvgIpc) is 2.93. The van der Waals surface area contributed by atoms with Gasteiger partial charge in [0.15, 0.2) is 11.5 Å². The highest BCUT2D eigenvalue weighted by Crippen LogP contribution is 2.30. The Balaban J connectivity index is 1.89. The molecule has 0 saturated carbocycles. The highest BCUT2D eigenvalue weighted by molar-refractivity contribution is 6.07. The number of amides is 5. The average molecular weight is 450 g/mol. The van der Waals surface area contributed by atoms with Crippen LogP contribution in [-0.4, -0.2) is 72.6 Å². The summed E-state index contributed by atoms with van der Waals surface area (Å²) in [6, 6.07) is 4.39. The van der Waals surface area contributed by atoms with Gasteiger partial charge in [0.1, 0.15) is 5.54 Å². The van der Waals surface area contributed by atoms with Gasteiger partial charge in [-0.1, -0.05) is 6.92 Å². The van der Waals surface area contributed by atoms with Gasteiger partial charge in [-0.3, -0.25) is 24.7 Å². The summed E-state index contributed by atoms with van der Waals surface area (Å²) in [7, 11) is 1.57. The first-order valence-corrected chi connectivity index (χ1v) is 10.5. The molecule has 0 aromatic heterocycles. The summed E-state index contributed by atoms with van der Waals surface area (Å²) >= 11 is 0. The van der Waals surface area contributed by atoms with Crippen molar-refractivity contribution in [2.45, 2.75) is 39.7 Å². The third-order valence-corrected chi connectivity index (χ3v) is 4.86. The van der Waals surface area contributed by atoms with Crippen LogP contribution in [0, 0.1) is 0 Å². The number of imide groups is 1. The molecule has 1 saturated heterocycles. The molecule has 0 spiro atoms. The number of rotatable bonds is 11. The van der Waals surface area contributed by atoms with Crippen LogP contribution in [0.1, 0.15) is 34.1 Å². The Bertz CT molecular complexity index is 876. The number of likely N-dealkylation sites (N-methyl/N-ethyl adjacent to an activating group) is 1. The number of benzene rings is 1. The van der Waals surface area contributed by atoms with E-state index in [0.717, 1.165) is 0 Å². The Kier molecular flexibility index (Phi) is 8.41. The number of ether oxygens (including phenoxy) is 2. The van der Waals surface area contributed by atoms with E-state index in [1.54, 1.807) is 39.1 Å². The zero-order valence-electron chi connectivity index (χ0n) is 19.1. The van der Waals surface area contributed by atoms with E-state index in [1.165, 1.54) is 4.90 Å². The summed E-state index contributed by atoms with van der Waals surface area (Å²) in [6.45, 7) is 7.73. The largest absolute Gasteiger partial charge is 0.490 e. The summed E-state index contributed by atoms with van der Waals surface area (Å²) in [5, 5.41) is 5.97. The van der Waals surface area contributed by atoms with E-state index in [9.17, 15) is 19.2 Å². The topological polar surface area (TPSA) is 129 Å². The molecule has 5 amide bonds. The smallest absolute Gasteiger partial charge is 0.344 e. The van der Waals surface area contributed by atoms with E-state index in [0.29, 0.717) is 41.8 Å². The van der Waals surface area contributed by atoms with Crippen molar-refractivity contribution in [3.05, 3.63) is 18.2 Å². The molecule has 1 aliphatic rings. The molecule has 3 N–H and O–H groups in total. The monoisotopic (exact) mass is 449 g/mol. The number of hydrogen-bond acceptors (Lipinski definition) is 7. The van der Waals surface area contributed by atoms with Crippen molar-refractivity contribution < 1.29 is 28.7 Å². The molecular weight excluding hydrogens is 418 g/mol. The molecule has 1 atom stereocenters. The van der Waals surface area contributed by atoms with Crippen LogP contribution in [0.3, 0.4) is 0 Å². The van der Waals surface area contributed by atoms with Gasteiger partial charge in [0.2, 0.25) is 5.91 Å². The maximum atomic E-state index is 12.4. The second-order valence-corrected chi connectivity index (χ2v) is 7.54. The minimum Gasteiger partial charge on any atom is -0.490 e. The lowest BCUT2D eigenvalue weighted by molar-refractivity contribution is -0.139. The van der Waals surface area contributed by atoms with Crippen molar-refractivity contribution in [3.63, 3.8) is 0 Å². The molecule has 176 valence electrons. The molecule has 2 rings (SSSR count). The highest BCUT2D eigenvalue weighted by Gasteiger charge is 2.47. The number of hydrogen-bond donors (Lipinski definition) is 3. The van der Waals surface area contributed by atoms with Crippen molar-refractivity contribution >= 4 is 29.4 Å². The molecule has 0 radical (unpaired) electrons. The van der Waals surface area contributed by atoms with Crippen LogP contribution in [0.4, 0.5) is 10.5 Å². The molecule has 32 heavy (non-hydrogen) atoms. The van der Waals surface area contributed by atoms with Gasteiger partial charge >= 0.3 is 6.03 Å². The predicted octanol–water partition coefficient (Wildman–Crippen LogP) is 1.11. The highest BCUT2D eigenvalue weighted by atomic mass is 16.5. The number of carbonyl (C=O) groups is 4. The molecule has 0 aliphatic carbocycles. The third kappa shape index (κ3) is 6.10. The Labute approximate surface area is 187 Å². The van der Waals surface area contributed by atoms with Gasteiger partial charge < -0.3 is 20.1 Å². The number of nitrogens with zero attached hydrogens (tertiary/aromatic N) is 2. The summed E-state index contributed by atoms with van der Waals surface area (Å²) < 4.78 is 11.0. The third-order valence-electron chi connectivity index (χ3n) is 4.86. The quantitative estimate of drug-likeness (QED) is 0.432. The molecule has 1 aromatic carbocycles. The fraction of sp³-hybridized carbons (Fsp3) is 0.524. The summed E-state index contributed by atoms with van der Waals surface area (Å²) in [5.74, 6) is -0.364. The van der Waals surface area contributed by atoms with E-state index in [2.05, 4.69) is 16.1 Å². The van der Waals surface area contributed by atoms with Gasteiger partial charge in [-0.15, -0.1) is 0 Å². The SMILES string of the molecule is CCOc1ccc(NC(=O)CN(C)CC(=O)NN2C(=O)NC(C)(CC)C2=O)cc1OCC. The summed E-state index contributed by atoms with van der Waals surface area (Å²) in [6.07, 6.45) is 0.389. The van der Waals surface area contributed by atoms with Crippen LogP contribution in [0.5, 0.6) is 11.5 Å². The molecule has 1 aromatic rings. The fourth-order valence-corrected chi connectivity index (χ4v) is 3.06. The summed E-state index contributed by atoms with van der Waals surface area (Å²) in [5.41, 5.74) is 1.77. The zero-order valence-corrected chi connectivity index (χ0v) is 19.1. The lowest BCUT2D eigenvalue weighted by Gasteiger charge is -2.21. The Morgan fingerprint density at radius 1 is 1.06 bits per heavy atom. The lowest BCUT2D eigenvalue weighted by Crippen LogP contribution is -2.51. The number of urea groups is 1. The van der Waals surface area contributed by atoms with E-state index < -0.39 is 23.4 Å². The van der Waals surface area contributed by atoms with Gasteiger partial charge in [0, 0.05) is 11.8 Å². The molecule has 1 fully saturated rings. The first-order valence-electron chi connectivity index (χ1n) is 10.5. The minimum absolute atomic E-state index is 0.0859. The van der Waals surface area contributed by atoms with Gasteiger partial charge in [0.05, 0.1) is 26.3 Å². The number of hydrazine groups is 1. The predicted molar refractivity (Wildman–Crippen MR) is 117 cm³/mol. The molecule has 1 aliphatic heterocycles.